The van der Waals surface area contributed by atoms with Crippen LogP contribution in [0.15, 0.2) is 12.4 Å². The Hall–Kier alpha value is -1.59. The van der Waals surface area contributed by atoms with Crippen molar-refractivity contribution in [2.75, 3.05) is 0 Å². The third-order valence-electron chi connectivity index (χ3n) is 1.20. The zero-order valence-electron chi connectivity index (χ0n) is 6.67. The molecule has 1 heterocycles. The van der Waals surface area contributed by atoms with Crippen molar-refractivity contribution >= 4 is 6.09 Å². The van der Waals surface area contributed by atoms with Crippen LogP contribution in [0.4, 0.5) is 4.79 Å². The fraction of sp³-hybridized carbons (Fsp3) is 0.500. The Kier molecular flexibility index (Phi) is 2.62. The molecule has 0 aliphatic carbocycles. The molecular weight excluding hydrogens is 160 g/mol. The van der Waals surface area contributed by atoms with Gasteiger partial charge in [0.25, 0.3) is 0 Å². The summed E-state index contributed by atoms with van der Waals surface area (Å²) in [5.74, 6) is 0. The highest BCUT2D eigenvalue weighted by molar-refractivity contribution is 5.64. The van der Waals surface area contributed by atoms with Crippen molar-refractivity contribution in [3.8, 4) is 0 Å². The quantitative estimate of drug-likeness (QED) is 0.678. The SMILES string of the molecule is C[C@@H](Cn1nccn1)OC(N)=O. The molecule has 1 atom stereocenters. The van der Waals surface area contributed by atoms with Crippen molar-refractivity contribution in [1.82, 2.24) is 15.0 Å². The first-order valence-corrected chi connectivity index (χ1v) is 3.48. The van der Waals surface area contributed by atoms with Gasteiger partial charge >= 0.3 is 6.09 Å². The second-order valence-electron chi connectivity index (χ2n) is 2.33. The molecule has 0 saturated carbocycles. The van der Waals surface area contributed by atoms with Crippen LogP contribution in [0.25, 0.3) is 0 Å². The van der Waals surface area contributed by atoms with E-state index < -0.39 is 6.09 Å². The first-order chi connectivity index (χ1) is 5.68. The summed E-state index contributed by atoms with van der Waals surface area (Å²) >= 11 is 0. The summed E-state index contributed by atoms with van der Waals surface area (Å²) in [6, 6.07) is 0. The number of ether oxygens (including phenoxy) is 1. The van der Waals surface area contributed by atoms with E-state index in [-0.39, 0.29) is 6.10 Å². The van der Waals surface area contributed by atoms with Gasteiger partial charge in [-0.05, 0) is 6.92 Å². The van der Waals surface area contributed by atoms with E-state index >= 15 is 0 Å². The van der Waals surface area contributed by atoms with Gasteiger partial charge in [-0.25, -0.2) is 4.79 Å². The number of rotatable bonds is 3. The maximum Gasteiger partial charge on any atom is 0.404 e. The minimum Gasteiger partial charge on any atom is -0.445 e. The number of nitrogens with two attached hydrogens (primary N) is 1. The van der Waals surface area contributed by atoms with E-state index in [9.17, 15) is 4.79 Å². The molecule has 1 aromatic rings. The molecule has 1 amide bonds. The topological polar surface area (TPSA) is 83.0 Å². The van der Waals surface area contributed by atoms with Gasteiger partial charge in [0.1, 0.15) is 6.10 Å². The zero-order valence-corrected chi connectivity index (χ0v) is 6.67. The summed E-state index contributed by atoms with van der Waals surface area (Å²) in [5, 5.41) is 7.67. The maximum atomic E-state index is 10.3. The molecule has 6 nitrogen and oxygen atoms in total. The van der Waals surface area contributed by atoms with Crippen LogP contribution in [-0.2, 0) is 11.3 Å². The van der Waals surface area contributed by atoms with E-state index in [1.54, 1.807) is 19.3 Å². The molecule has 12 heavy (non-hydrogen) atoms. The molecule has 0 unspecified atom stereocenters. The summed E-state index contributed by atoms with van der Waals surface area (Å²) in [6.45, 7) is 2.13. The molecule has 0 aromatic carbocycles. The molecule has 0 radical (unpaired) electrons. The van der Waals surface area contributed by atoms with Gasteiger partial charge < -0.3 is 10.5 Å². The highest BCUT2D eigenvalue weighted by atomic mass is 16.6. The Labute approximate surface area is 69.3 Å². The summed E-state index contributed by atoms with van der Waals surface area (Å²) in [6.07, 6.45) is 2.01. The number of carbonyl (C=O) groups is 1. The molecule has 0 fully saturated rings. The van der Waals surface area contributed by atoms with E-state index in [0.717, 1.165) is 0 Å². The number of primary amides is 1. The van der Waals surface area contributed by atoms with Gasteiger partial charge in [0.05, 0.1) is 18.9 Å². The van der Waals surface area contributed by atoms with Crippen molar-refractivity contribution in [3.63, 3.8) is 0 Å². The number of aromatic nitrogens is 3. The van der Waals surface area contributed by atoms with Gasteiger partial charge in [0.15, 0.2) is 0 Å². The lowest BCUT2D eigenvalue weighted by atomic mass is 10.4. The third-order valence-corrected chi connectivity index (χ3v) is 1.20. The van der Waals surface area contributed by atoms with Crippen molar-refractivity contribution in [2.45, 2.75) is 19.6 Å². The van der Waals surface area contributed by atoms with E-state index in [1.165, 1.54) is 4.80 Å². The van der Waals surface area contributed by atoms with Crippen LogP contribution >= 0.6 is 0 Å². The molecule has 1 rings (SSSR count). The lowest BCUT2D eigenvalue weighted by Crippen LogP contribution is -2.25. The monoisotopic (exact) mass is 170 g/mol. The number of carbonyl (C=O) groups excluding carboxylic acids is 1. The lowest BCUT2D eigenvalue weighted by Gasteiger charge is -2.09. The Balaban J connectivity index is 2.36. The molecule has 0 aliphatic heterocycles. The fourth-order valence-electron chi connectivity index (χ4n) is 0.803. The third kappa shape index (κ3) is 2.57. The van der Waals surface area contributed by atoms with E-state index in [4.69, 9.17) is 5.73 Å². The molecule has 0 aliphatic rings. The van der Waals surface area contributed by atoms with Crippen molar-refractivity contribution < 1.29 is 9.53 Å². The zero-order chi connectivity index (χ0) is 8.97. The van der Waals surface area contributed by atoms with Gasteiger partial charge in [0, 0.05) is 0 Å². The first kappa shape index (κ1) is 8.51. The lowest BCUT2D eigenvalue weighted by molar-refractivity contribution is 0.101. The average molecular weight is 170 g/mol. The summed E-state index contributed by atoms with van der Waals surface area (Å²) in [4.78, 5) is 11.7. The van der Waals surface area contributed by atoms with Crippen LogP contribution in [0.2, 0.25) is 0 Å². The summed E-state index contributed by atoms with van der Waals surface area (Å²) in [7, 11) is 0. The van der Waals surface area contributed by atoms with Gasteiger partial charge in [-0.3, -0.25) is 0 Å². The standard InChI is InChI=1S/C6H10N4O2/c1-5(12-6(7)11)4-10-8-2-3-9-10/h2-3,5H,4H2,1H3,(H2,7,11)/t5-/m0/s1. The van der Waals surface area contributed by atoms with Gasteiger partial charge in [-0.15, -0.1) is 0 Å². The Morgan fingerprint density at radius 2 is 2.25 bits per heavy atom. The second kappa shape index (κ2) is 3.70. The van der Waals surface area contributed by atoms with Crippen molar-refractivity contribution in [3.05, 3.63) is 12.4 Å². The molecule has 66 valence electrons. The minimum atomic E-state index is -0.783. The van der Waals surface area contributed by atoms with E-state index in [2.05, 4.69) is 14.9 Å². The van der Waals surface area contributed by atoms with Crippen LogP contribution in [0.1, 0.15) is 6.92 Å². The first-order valence-electron chi connectivity index (χ1n) is 3.48. The van der Waals surface area contributed by atoms with Gasteiger partial charge in [0.2, 0.25) is 0 Å². The van der Waals surface area contributed by atoms with Crippen LogP contribution < -0.4 is 5.73 Å². The van der Waals surface area contributed by atoms with Crippen molar-refractivity contribution in [2.24, 2.45) is 5.73 Å². The van der Waals surface area contributed by atoms with Crippen LogP contribution in [-0.4, -0.2) is 27.2 Å². The predicted octanol–water partition coefficient (Wildman–Crippen LogP) is -0.238. The Bertz CT molecular complexity index is 246. The van der Waals surface area contributed by atoms with Crippen LogP contribution in [0, 0.1) is 0 Å². The van der Waals surface area contributed by atoms with Gasteiger partial charge in [-0.1, -0.05) is 0 Å². The van der Waals surface area contributed by atoms with Gasteiger partial charge in [-0.2, -0.15) is 15.0 Å². The second-order valence-corrected chi connectivity index (χ2v) is 2.33. The largest absolute Gasteiger partial charge is 0.445 e. The predicted molar refractivity (Wildman–Crippen MR) is 40.2 cm³/mol. The number of hydrogen-bond donors (Lipinski definition) is 1. The Morgan fingerprint density at radius 3 is 2.75 bits per heavy atom. The normalized spacial score (nSPS) is 12.4. The molecular formula is C6H10N4O2. The van der Waals surface area contributed by atoms with Crippen LogP contribution in [0.5, 0.6) is 0 Å². The molecule has 0 spiro atoms. The highest BCUT2D eigenvalue weighted by Crippen LogP contribution is 1.92. The summed E-state index contributed by atoms with van der Waals surface area (Å²) < 4.78 is 4.66. The fourth-order valence-corrected chi connectivity index (χ4v) is 0.803. The molecule has 1 aromatic heterocycles. The minimum absolute atomic E-state index is 0.310. The molecule has 0 saturated heterocycles. The maximum absolute atomic E-state index is 10.3. The van der Waals surface area contributed by atoms with E-state index in [0.29, 0.717) is 6.54 Å². The van der Waals surface area contributed by atoms with E-state index in [1.807, 2.05) is 0 Å². The molecule has 6 heteroatoms. The molecule has 2 N–H and O–H groups in total. The molecule has 0 bridgehead atoms. The number of hydrogen-bond acceptors (Lipinski definition) is 4. The highest BCUT2D eigenvalue weighted by Gasteiger charge is 2.06. The smallest absolute Gasteiger partial charge is 0.404 e. The number of nitrogens with zero attached hydrogens (tertiary/aromatic N) is 3. The van der Waals surface area contributed by atoms with Crippen LogP contribution in [0.3, 0.4) is 0 Å². The average Bonchev–Trinajstić information content (AvgIpc) is 2.37. The summed E-state index contributed by atoms with van der Waals surface area (Å²) in [5.41, 5.74) is 4.81. The van der Waals surface area contributed by atoms with Crippen molar-refractivity contribution in [1.29, 1.82) is 0 Å². The Morgan fingerprint density at radius 1 is 1.67 bits per heavy atom. The number of amides is 1.